The number of aliphatic hydroxyl groups excluding tert-OH is 1. The molecule has 0 saturated carbocycles. The number of carbonyl (C=O) groups is 2. The minimum Gasteiger partial charge on any atom is -0.668 e. The molecule has 0 fully saturated rings. The van der Waals surface area contributed by atoms with Crippen molar-refractivity contribution >= 4 is 11.9 Å². The second-order valence-corrected chi connectivity index (χ2v) is 5.74. The van der Waals surface area contributed by atoms with Gasteiger partial charge < -0.3 is 40.9 Å². The average Bonchev–Trinajstić information content (AvgIpc) is 2.49. The Morgan fingerprint density at radius 3 is 1.36 bits per heavy atom. The summed E-state index contributed by atoms with van der Waals surface area (Å²) < 4.78 is 4.25. The molecule has 1 unspecified atom stereocenters. The Morgan fingerprint density at radius 2 is 1.32 bits per heavy atom. The Kier molecular flexibility index (Phi) is 39.9. The van der Waals surface area contributed by atoms with Gasteiger partial charge in [-0.1, -0.05) is 0 Å². The van der Waals surface area contributed by atoms with Gasteiger partial charge in [0.1, 0.15) is 0 Å². The first-order chi connectivity index (χ1) is 11.4. The van der Waals surface area contributed by atoms with Gasteiger partial charge in [-0.15, -0.1) is 0 Å². The number of hydrogen-bond acceptors (Lipinski definition) is 6. The minimum atomic E-state index is -1.96. The van der Waals surface area contributed by atoms with E-state index in [-0.39, 0.29) is 5.54 Å². The van der Waals surface area contributed by atoms with Gasteiger partial charge in [0, 0.05) is 12.4 Å². The molecule has 0 radical (unpaired) electrons. The van der Waals surface area contributed by atoms with E-state index in [9.17, 15) is 19.8 Å². The summed E-state index contributed by atoms with van der Waals surface area (Å²) in [7, 11) is 10.5. The molecule has 153 valence electrons. The van der Waals surface area contributed by atoms with Crippen LogP contribution < -0.4 is 10.2 Å². The van der Waals surface area contributed by atoms with Crippen molar-refractivity contribution < 1.29 is 45.8 Å². The van der Waals surface area contributed by atoms with E-state index >= 15 is 0 Å². The standard InChI is InChI=1S/C5H11N.C4H6O5.3C2H6N.Ta/c1-4-5(2,3)6;5-2(4(8)9)1-3(6)7;3*1-3-2;/h4H2,1-3H3;2,5H,1H2,(H,6,7)(H,8,9);3*1-2H3;/q;;3*-1;/p-2. The van der Waals surface area contributed by atoms with Crippen LogP contribution in [-0.2, 0) is 30.5 Å². The molecule has 0 saturated heterocycles. The number of aliphatic hydroxyl groups is 1. The third-order valence-electron chi connectivity index (χ3n) is 1.77. The SMILES string of the molecule is CCC(C)(C)[N]=[Ta].C[N-]C.C[N-]C.C[N-]C.O=C([O-])CC(O)C(=O)[O-]. The predicted octanol–water partition coefficient (Wildman–Crippen LogP) is 0.00170. The Morgan fingerprint density at radius 1 is 1.04 bits per heavy atom. The number of nitrogens with zero attached hydrogens (tertiary/aromatic N) is 4. The first-order valence-corrected chi connectivity index (χ1v) is 8.73. The van der Waals surface area contributed by atoms with Crippen LogP contribution in [0.5, 0.6) is 0 Å². The molecule has 0 rings (SSSR count). The maximum atomic E-state index is 9.58. The van der Waals surface area contributed by atoms with E-state index in [0.717, 1.165) is 27.3 Å². The molecule has 0 aliphatic heterocycles. The molecule has 0 amide bonds. The quantitative estimate of drug-likeness (QED) is 0.530. The summed E-state index contributed by atoms with van der Waals surface area (Å²) in [6.07, 6.45) is -1.73. The van der Waals surface area contributed by atoms with Crippen LogP contribution in [0.3, 0.4) is 0 Å². The molecule has 0 bridgehead atoms. The Balaban J connectivity index is -0.0000000737. The first-order valence-electron chi connectivity index (χ1n) is 7.29. The summed E-state index contributed by atoms with van der Waals surface area (Å²) in [5, 5.41) is 37.8. The van der Waals surface area contributed by atoms with E-state index in [1.807, 2.05) is 0 Å². The average molecular weight is 530 g/mol. The van der Waals surface area contributed by atoms with Crippen LogP contribution in [0.15, 0.2) is 3.34 Å². The van der Waals surface area contributed by atoms with Crippen molar-refractivity contribution in [3.8, 4) is 0 Å². The fourth-order valence-corrected chi connectivity index (χ4v) is 0.820. The van der Waals surface area contributed by atoms with E-state index < -0.39 is 24.5 Å². The van der Waals surface area contributed by atoms with Crippen LogP contribution in [0, 0.1) is 0 Å². The maximum Gasteiger partial charge on any atom is 0.0985 e. The van der Waals surface area contributed by atoms with E-state index in [4.69, 9.17) is 5.11 Å². The topological polar surface area (TPSA) is 155 Å². The third-order valence-corrected chi connectivity index (χ3v) is 3.71. The molecule has 0 spiro atoms. The van der Waals surface area contributed by atoms with Crippen LogP contribution in [0.25, 0.3) is 16.0 Å². The van der Waals surface area contributed by atoms with Gasteiger partial charge in [-0.05, 0) is 0 Å². The molecule has 9 nitrogen and oxygen atoms in total. The Bertz CT molecular complexity index is 301. The summed E-state index contributed by atoms with van der Waals surface area (Å²) in [6, 6.07) is 0. The molecule has 10 heteroatoms. The van der Waals surface area contributed by atoms with Crippen molar-refractivity contribution in [2.24, 2.45) is 3.34 Å². The van der Waals surface area contributed by atoms with Crippen molar-refractivity contribution in [1.82, 2.24) is 0 Å². The molecule has 25 heavy (non-hydrogen) atoms. The molecule has 0 aromatic carbocycles. The third kappa shape index (κ3) is 59.7. The monoisotopic (exact) mass is 530 g/mol. The van der Waals surface area contributed by atoms with Gasteiger partial charge in [0.25, 0.3) is 0 Å². The fraction of sp³-hybridized carbons (Fsp3) is 0.867. The van der Waals surface area contributed by atoms with E-state index in [1.165, 1.54) is 0 Å². The van der Waals surface area contributed by atoms with Crippen molar-refractivity contribution in [3.05, 3.63) is 16.0 Å². The molecule has 0 aliphatic rings. The van der Waals surface area contributed by atoms with Crippen LogP contribution in [-0.4, -0.2) is 71.0 Å². The number of carboxylic acid groups (broad SMARTS) is 2. The molecule has 0 aromatic heterocycles. The summed E-state index contributed by atoms with van der Waals surface area (Å²) in [5.74, 6) is -3.43. The van der Waals surface area contributed by atoms with Gasteiger partial charge in [0.2, 0.25) is 0 Å². The maximum absolute atomic E-state index is 9.58. The summed E-state index contributed by atoms with van der Waals surface area (Å²) in [4.78, 5) is 19.1. The van der Waals surface area contributed by atoms with E-state index in [1.54, 1.807) is 42.3 Å². The molecular weight excluding hydrogens is 497 g/mol. The first kappa shape index (κ1) is 35.4. The zero-order valence-electron chi connectivity index (χ0n) is 16.8. The summed E-state index contributed by atoms with van der Waals surface area (Å²) in [5.41, 5.74) is 0.258. The van der Waals surface area contributed by atoms with Crippen LogP contribution in [0.4, 0.5) is 0 Å². The van der Waals surface area contributed by atoms with Crippen molar-refractivity contribution in [2.75, 3.05) is 42.3 Å². The summed E-state index contributed by atoms with van der Waals surface area (Å²) >= 11 is 1.16. The normalized spacial score (nSPS) is 9.80. The molecule has 1 N–H and O–H groups in total. The zero-order valence-corrected chi connectivity index (χ0v) is 20.0. The van der Waals surface area contributed by atoms with Crippen LogP contribution in [0.1, 0.15) is 33.6 Å². The van der Waals surface area contributed by atoms with E-state index in [0.29, 0.717) is 0 Å². The van der Waals surface area contributed by atoms with Gasteiger partial charge in [-0.25, -0.2) is 0 Å². The molecular formula is C15H33N4O5Ta-5. The van der Waals surface area contributed by atoms with Gasteiger partial charge >= 0.3 is 57.0 Å². The number of carboxylic acids is 2. The largest absolute Gasteiger partial charge is 0.668 e. The Hall–Kier alpha value is -0.680. The molecule has 0 heterocycles. The van der Waals surface area contributed by atoms with Crippen molar-refractivity contribution in [2.45, 2.75) is 45.3 Å². The molecule has 1 atom stereocenters. The molecule has 0 aromatic rings. The molecule has 0 aliphatic carbocycles. The predicted molar refractivity (Wildman–Crippen MR) is 93.1 cm³/mol. The minimum absolute atomic E-state index is 0.258. The van der Waals surface area contributed by atoms with Gasteiger partial charge in [0.05, 0.1) is 12.1 Å². The van der Waals surface area contributed by atoms with Crippen molar-refractivity contribution in [3.63, 3.8) is 0 Å². The van der Waals surface area contributed by atoms with Gasteiger partial charge in [0.15, 0.2) is 0 Å². The number of hydrogen-bond donors (Lipinski definition) is 1. The number of rotatable bonds is 5. The van der Waals surface area contributed by atoms with Crippen LogP contribution >= 0.6 is 0 Å². The fourth-order valence-electron chi connectivity index (χ4n) is 0.312. The second kappa shape index (κ2) is 28.1. The van der Waals surface area contributed by atoms with Crippen molar-refractivity contribution in [1.29, 1.82) is 0 Å². The number of aliphatic carboxylic acids is 2. The zero-order chi connectivity index (χ0) is 21.5. The number of carbonyl (C=O) groups excluding carboxylic acids is 2. The van der Waals surface area contributed by atoms with E-state index in [2.05, 4.69) is 40.1 Å². The van der Waals surface area contributed by atoms with Gasteiger partial charge in [-0.3, -0.25) is 0 Å². The van der Waals surface area contributed by atoms with Crippen LogP contribution in [0.2, 0.25) is 0 Å². The smallest absolute Gasteiger partial charge is 0.0985 e. The second-order valence-electron chi connectivity index (χ2n) is 5.02. The summed E-state index contributed by atoms with van der Waals surface area (Å²) in [6.45, 7) is 6.48. The Labute approximate surface area is 164 Å². The van der Waals surface area contributed by atoms with Gasteiger partial charge in [-0.2, -0.15) is 42.3 Å².